The molecular weight excluding hydrogens is 260 g/mol. The lowest BCUT2D eigenvalue weighted by Crippen LogP contribution is -1.92. The predicted molar refractivity (Wildman–Crippen MR) is 58.8 cm³/mol. The van der Waals surface area contributed by atoms with Crippen LogP contribution in [0.25, 0.3) is 0 Å². The fourth-order valence-electron chi connectivity index (χ4n) is 1.13. The summed E-state index contributed by atoms with van der Waals surface area (Å²) < 4.78 is 11.2. The highest BCUT2D eigenvalue weighted by Crippen LogP contribution is 2.19. The van der Waals surface area contributed by atoms with Gasteiger partial charge < -0.3 is 14.3 Å². The van der Waals surface area contributed by atoms with Crippen LogP contribution < -0.4 is 4.74 Å². The quantitative estimate of drug-likeness (QED) is 0.929. The van der Waals surface area contributed by atoms with E-state index in [1.54, 1.807) is 30.5 Å². The van der Waals surface area contributed by atoms with Crippen LogP contribution in [-0.4, -0.2) is 5.11 Å². The summed E-state index contributed by atoms with van der Waals surface area (Å²) in [5, 5.41) is 9.07. The van der Waals surface area contributed by atoms with Crippen LogP contribution in [0.2, 0.25) is 0 Å². The zero-order valence-corrected chi connectivity index (χ0v) is 9.40. The van der Waals surface area contributed by atoms with Crippen molar-refractivity contribution in [2.75, 3.05) is 0 Å². The third kappa shape index (κ3) is 2.76. The second-order valence-electron chi connectivity index (χ2n) is 3.04. The monoisotopic (exact) mass is 268 g/mol. The largest absolute Gasteiger partial charge is 0.508 e. The van der Waals surface area contributed by atoms with E-state index in [-0.39, 0.29) is 5.75 Å². The molecule has 1 aromatic carbocycles. The van der Waals surface area contributed by atoms with Gasteiger partial charge in [0.25, 0.3) is 0 Å². The van der Waals surface area contributed by atoms with Crippen molar-refractivity contribution >= 4 is 15.9 Å². The number of phenolic OH excluding ortho intramolecular Hbond substituents is 1. The topological polar surface area (TPSA) is 42.6 Å². The Bertz CT molecular complexity index is 433. The Balaban J connectivity index is 1.96. The van der Waals surface area contributed by atoms with Crippen molar-refractivity contribution in [2.45, 2.75) is 6.61 Å². The van der Waals surface area contributed by atoms with Crippen LogP contribution in [0, 0.1) is 0 Å². The summed E-state index contributed by atoms with van der Waals surface area (Å²) in [6, 6.07) is 8.44. The third-order valence-corrected chi connectivity index (χ3v) is 2.28. The van der Waals surface area contributed by atoms with E-state index in [4.69, 9.17) is 14.3 Å². The van der Waals surface area contributed by atoms with Gasteiger partial charge >= 0.3 is 0 Å². The fraction of sp³-hybridized carbons (Fsp3) is 0.0909. The average molecular weight is 269 g/mol. The van der Waals surface area contributed by atoms with E-state index in [2.05, 4.69) is 15.9 Å². The molecule has 0 spiro atoms. The molecule has 2 rings (SSSR count). The van der Waals surface area contributed by atoms with Crippen molar-refractivity contribution in [3.8, 4) is 11.5 Å². The molecule has 78 valence electrons. The summed E-state index contributed by atoms with van der Waals surface area (Å²) in [5.74, 6) is 0.943. The molecule has 0 unspecified atom stereocenters. The fourth-order valence-corrected chi connectivity index (χ4v) is 1.52. The van der Waals surface area contributed by atoms with Gasteiger partial charge in [0.05, 0.1) is 6.26 Å². The molecule has 0 atom stereocenters. The molecule has 0 saturated carbocycles. The van der Waals surface area contributed by atoms with Crippen molar-refractivity contribution in [1.29, 1.82) is 0 Å². The molecule has 1 heterocycles. The van der Waals surface area contributed by atoms with Crippen molar-refractivity contribution in [3.05, 3.63) is 46.8 Å². The Morgan fingerprint density at radius 1 is 1.27 bits per heavy atom. The van der Waals surface area contributed by atoms with Crippen LogP contribution in [0.5, 0.6) is 11.5 Å². The van der Waals surface area contributed by atoms with Gasteiger partial charge in [0.2, 0.25) is 0 Å². The molecule has 0 fully saturated rings. The lowest BCUT2D eigenvalue weighted by Gasteiger charge is -2.03. The number of hydrogen-bond donors (Lipinski definition) is 1. The van der Waals surface area contributed by atoms with Crippen molar-refractivity contribution < 1.29 is 14.3 Å². The maximum atomic E-state index is 9.07. The van der Waals surface area contributed by atoms with Crippen LogP contribution in [0.1, 0.15) is 5.56 Å². The van der Waals surface area contributed by atoms with Crippen molar-refractivity contribution in [2.24, 2.45) is 0 Å². The molecule has 1 aromatic heterocycles. The number of hydrogen-bond acceptors (Lipinski definition) is 3. The van der Waals surface area contributed by atoms with Gasteiger partial charge in [-0.05, 0) is 46.3 Å². The van der Waals surface area contributed by atoms with E-state index < -0.39 is 0 Å². The van der Waals surface area contributed by atoms with E-state index in [0.29, 0.717) is 17.0 Å². The molecule has 4 heteroatoms. The van der Waals surface area contributed by atoms with E-state index in [1.165, 1.54) is 0 Å². The van der Waals surface area contributed by atoms with Crippen LogP contribution in [0.3, 0.4) is 0 Å². The number of furan rings is 1. The molecule has 3 nitrogen and oxygen atoms in total. The van der Waals surface area contributed by atoms with E-state index in [1.807, 2.05) is 6.07 Å². The molecule has 0 aliphatic rings. The van der Waals surface area contributed by atoms with Gasteiger partial charge in [-0.3, -0.25) is 0 Å². The number of phenols is 1. The number of benzene rings is 1. The van der Waals surface area contributed by atoms with Gasteiger partial charge in [0.15, 0.2) is 4.67 Å². The summed E-state index contributed by atoms with van der Waals surface area (Å²) >= 11 is 3.21. The zero-order chi connectivity index (χ0) is 10.7. The standard InChI is InChI=1S/C11H9BrO3/c12-11-5-8(7-15-11)6-14-10-3-1-9(13)2-4-10/h1-5,7,13H,6H2. The lowest BCUT2D eigenvalue weighted by atomic mass is 10.3. The molecule has 15 heavy (non-hydrogen) atoms. The van der Waals surface area contributed by atoms with Gasteiger partial charge in [-0.1, -0.05) is 0 Å². The molecule has 0 bridgehead atoms. The Hall–Kier alpha value is -1.42. The minimum Gasteiger partial charge on any atom is -0.508 e. The molecule has 0 saturated heterocycles. The van der Waals surface area contributed by atoms with Crippen LogP contribution in [0.4, 0.5) is 0 Å². The summed E-state index contributed by atoms with van der Waals surface area (Å²) in [5.41, 5.74) is 0.954. The summed E-state index contributed by atoms with van der Waals surface area (Å²) in [6.45, 7) is 0.444. The number of ether oxygens (including phenoxy) is 1. The molecule has 0 radical (unpaired) electrons. The highest BCUT2D eigenvalue weighted by molar-refractivity contribution is 9.10. The maximum absolute atomic E-state index is 9.07. The van der Waals surface area contributed by atoms with E-state index >= 15 is 0 Å². The average Bonchev–Trinajstić information content (AvgIpc) is 2.64. The van der Waals surface area contributed by atoms with Crippen LogP contribution in [-0.2, 0) is 6.61 Å². The smallest absolute Gasteiger partial charge is 0.169 e. The number of halogens is 1. The number of rotatable bonds is 3. The Kier molecular flexibility index (Phi) is 2.97. The van der Waals surface area contributed by atoms with Crippen LogP contribution >= 0.6 is 15.9 Å². The first-order valence-corrected chi connectivity index (χ1v) is 5.18. The van der Waals surface area contributed by atoms with Gasteiger partial charge in [-0.2, -0.15) is 0 Å². The normalized spacial score (nSPS) is 10.2. The second kappa shape index (κ2) is 4.40. The Morgan fingerprint density at radius 2 is 2.00 bits per heavy atom. The number of aromatic hydroxyl groups is 1. The minimum atomic E-state index is 0.230. The van der Waals surface area contributed by atoms with E-state index in [0.717, 1.165) is 5.56 Å². The van der Waals surface area contributed by atoms with E-state index in [9.17, 15) is 0 Å². The highest BCUT2D eigenvalue weighted by Gasteiger charge is 2.00. The molecule has 2 aromatic rings. The van der Waals surface area contributed by atoms with Crippen molar-refractivity contribution in [3.63, 3.8) is 0 Å². The van der Waals surface area contributed by atoms with Crippen LogP contribution in [0.15, 0.2) is 45.7 Å². The SMILES string of the molecule is Oc1ccc(OCc2coc(Br)c2)cc1. The summed E-state index contributed by atoms with van der Waals surface area (Å²) in [6.07, 6.45) is 1.63. The molecule has 1 N–H and O–H groups in total. The molecule has 0 aliphatic carbocycles. The maximum Gasteiger partial charge on any atom is 0.169 e. The van der Waals surface area contributed by atoms with Gasteiger partial charge in [-0.15, -0.1) is 0 Å². The first kappa shape index (κ1) is 10.1. The minimum absolute atomic E-state index is 0.230. The molecule has 0 amide bonds. The third-order valence-electron chi connectivity index (χ3n) is 1.86. The van der Waals surface area contributed by atoms with Gasteiger partial charge in [0, 0.05) is 5.56 Å². The summed E-state index contributed by atoms with van der Waals surface area (Å²) in [7, 11) is 0. The van der Waals surface area contributed by atoms with Gasteiger partial charge in [-0.25, -0.2) is 0 Å². The predicted octanol–water partition coefficient (Wildman–Crippen LogP) is 3.33. The van der Waals surface area contributed by atoms with Gasteiger partial charge in [0.1, 0.15) is 18.1 Å². The first-order valence-electron chi connectivity index (χ1n) is 4.39. The zero-order valence-electron chi connectivity index (χ0n) is 7.81. The Morgan fingerprint density at radius 3 is 2.60 bits per heavy atom. The first-order chi connectivity index (χ1) is 7.24. The lowest BCUT2D eigenvalue weighted by molar-refractivity contribution is 0.304. The van der Waals surface area contributed by atoms with Crippen molar-refractivity contribution in [1.82, 2.24) is 0 Å². The molecular formula is C11H9BrO3. The highest BCUT2D eigenvalue weighted by atomic mass is 79.9. The second-order valence-corrected chi connectivity index (χ2v) is 3.82. The molecule has 0 aliphatic heterocycles. The summed E-state index contributed by atoms with van der Waals surface area (Å²) in [4.78, 5) is 0. The Labute approximate surface area is 95.4 Å².